The molecule has 7 heteroatoms. The molecule has 2 rings (SSSR count). The van der Waals surface area contributed by atoms with Crippen molar-refractivity contribution in [1.29, 1.82) is 0 Å². The van der Waals surface area contributed by atoms with E-state index in [0.29, 0.717) is 10.7 Å². The van der Waals surface area contributed by atoms with Crippen LogP contribution in [0.4, 0.5) is 10.1 Å². The zero-order valence-corrected chi connectivity index (χ0v) is 14.2. The van der Waals surface area contributed by atoms with E-state index >= 15 is 0 Å². The van der Waals surface area contributed by atoms with E-state index in [1.807, 2.05) is 0 Å². The van der Waals surface area contributed by atoms with Crippen LogP contribution in [0.15, 0.2) is 46.9 Å². The summed E-state index contributed by atoms with van der Waals surface area (Å²) in [6.07, 6.45) is -0.237. The molecule has 0 aliphatic carbocycles. The molecule has 0 aromatic heterocycles. The molecule has 0 unspecified atom stereocenters. The van der Waals surface area contributed by atoms with Crippen molar-refractivity contribution in [2.45, 2.75) is 6.42 Å². The molecule has 1 N–H and O–H groups in total. The van der Waals surface area contributed by atoms with Gasteiger partial charge < -0.3 is 10.1 Å². The number of amides is 1. The van der Waals surface area contributed by atoms with Crippen molar-refractivity contribution in [3.8, 4) is 0 Å². The lowest BCUT2D eigenvalue weighted by Gasteiger charge is -2.08. The van der Waals surface area contributed by atoms with Gasteiger partial charge in [-0.1, -0.05) is 45.7 Å². The third-order valence-electron chi connectivity index (χ3n) is 2.86. The first-order valence-corrected chi connectivity index (χ1v) is 7.77. The Morgan fingerprint density at radius 3 is 2.65 bits per heavy atom. The van der Waals surface area contributed by atoms with Crippen LogP contribution in [-0.4, -0.2) is 18.5 Å². The van der Waals surface area contributed by atoms with Crippen LogP contribution in [0.1, 0.15) is 5.56 Å². The Morgan fingerprint density at radius 2 is 1.96 bits per heavy atom. The fourth-order valence-corrected chi connectivity index (χ4v) is 2.49. The van der Waals surface area contributed by atoms with Gasteiger partial charge in [-0.2, -0.15) is 0 Å². The van der Waals surface area contributed by atoms with Gasteiger partial charge in [0.15, 0.2) is 6.61 Å². The predicted molar refractivity (Wildman–Crippen MR) is 88.8 cm³/mol. The van der Waals surface area contributed by atoms with Crippen LogP contribution in [0.5, 0.6) is 0 Å². The Morgan fingerprint density at radius 1 is 1.22 bits per heavy atom. The number of anilines is 1. The molecule has 0 bridgehead atoms. The summed E-state index contributed by atoms with van der Waals surface area (Å²) in [5, 5.41) is 2.88. The van der Waals surface area contributed by atoms with Crippen LogP contribution in [-0.2, 0) is 20.7 Å². The van der Waals surface area contributed by atoms with Gasteiger partial charge in [0.1, 0.15) is 5.82 Å². The molecule has 0 radical (unpaired) electrons. The zero-order chi connectivity index (χ0) is 16.8. The van der Waals surface area contributed by atoms with E-state index in [-0.39, 0.29) is 12.0 Å². The first kappa shape index (κ1) is 17.4. The van der Waals surface area contributed by atoms with Crippen molar-refractivity contribution in [3.63, 3.8) is 0 Å². The largest absolute Gasteiger partial charge is 0.455 e. The molecule has 0 heterocycles. The fourth-order valence-electron chi connectivity index (χ4n) is 1.77. The third kappa shape index (κ3) is 5.33. The molecule has 0 aliphatic heterocycles. The lowest BCUT2D eigenvalue weighted by Crippen LogP contribution is -2.22. The standard InChI is InChI=1S/C16H12BrClFNO3/c17-11-5-6-14(12(18)8-11)20-15(21)9-23-16(22)7-10-3-1-2-4-13(10)19/h1-6,8H,7,9H2,(H,20,21). The lowest BCUT2D eigenvalue weighted by atomic mass is 10.1. The molecule has 2 aromatic carbocycles. The molecule has 23 heavy (non-hydrogen) atoms. The third-order valence-corrected chi connectivity index (χ3v) is 3.67. The van der Waals surface area contributed by atoms with E-state index in [0.717, 1.165) is 4.47 Å². The zero-order valence-electron chi connectivity index (χ0n) is 11.8. The fraction of sp³-hybridized carbons (Fsp3) is 0.125. The van der Waals surface area contributed by atoms with Crippen LogP contribution in [0, 0.1) is 5.82 Å². The van der Waals surface area contributed by atoms with Crippen LogP contribution >= 0.6 is 27.5 Å². The molecule has 0 fully saturated rings. The topological polar surface area (TPSA) is 55.4 Å². The highest BCUT2D eigenvalue weighted by Gasteiger charge is 2.12. The summed E-state index contributed by atoms with van der Waals surface area (Å²) in [6, 6.07) is 10.8. The average molecular weight is 401 g/mol. The van der Waals surface area contributed by atoms with Crippen LogP contribution in [0.3, 0.4) is 0 Å². The Bertz CT molecular complexity index is 739. The minimum absolute atomic E-state index is 0.217. The maximum absolute atomic E-state index is 13.4. The van der Waals surface area contributed by atoms with Gasteiger partial charge in [0.05, 0.1) is 17.1 Å². The number of benzene rings is 2. The summed E-state index contributed by atoms with van der Waals surface area (Å²) in [4.78, 5) is 23.4. The van der Waals surface area contributed by atoms with Crippen molar-refractivity contribution < 1.29 is 18.7 Å². The van der Waals surface area contributed by atoms with Gasteiger partial charge in [0.25, 0.3) is 5.91 Å². The van der Waals surface area contributed by atoms with E-state index in [9.17, 15) is 14.0 Å². The van der Waals surface area contributed by atoms with Crippen LogP contribution in [0.2, 0.25) is 5.02 Å². The van der Waals surface area contributed by atoms with Crippen molar-refractivity contribution in [3.05, 3.63) is 63.3 Å². The van der Waals surface area contributed by atoms with E-state index in [4.69, 9.17) is 16.3 Å². The van der Waals surface area contributed by atoms with Crippen molar-refractivity contribution in [2.24, 2.45) is 0 Å². The van der Waals surface area contributed by atoms with Gasteiger partial charge >= 0.3 is 5.97 Å². The summed E-state index contributed by atoms with van der Waals surface area (Å²) in [5.41, 5.74) is 0.624. The predicted octanol–water partition coefficient (Wildman–Crippen LogP) is 3.97. The Kier molecular flexibility index (Phi) is 6.12. The Labute approximate surface area is 145 Å². The van der Waals surface area contributed by atoms with Gasteiger partial charge in [-0.3, -0.25) is 9.59 Å². The molecule has 0 atom stereocenters. The minimum Gasteiger partial charge on any atom is -0.455 e. The highest BCUT2D eigenvalue weighted by molar-refractivity contribution is 9.10. The van der Waals surface area contributed by atoms with E-state index in [1.165, 1.54) is 18.2 Å². The number of carbonyl (C=O) groups excluding carboxylic acids is 2. The van der Waals surface area contributed by atoms with Crippen molar-refractivity contribution in [2.75, 3.05) is 11.9 Å². The number of hydrogen-bond donors (Lipinski definition) is 1. The Hall–Kier alpha value is -1.92. The normalized spacial score (nSPS) is 10.2. The lowest BCUT2D eigenvalue weighted by molar-refractivity contribution is -0.146. The molecule has 2 aromatic rings. The smallest absolute Gasteiger partial charge is 0.310 e. The van der Waals surface area contributed by atoms with Gasteiger partial charge in [0.2, 0.25) is 0 Å². The first-order chi connectivity index (χ1) is 11.0. The second-order valence-electron chi connectivity index (χ2n) is 4.60. The van der Waals surface area contributed by atoms with Crippen molar-refractivity contribution in [1.82, 2.24) is 0 Å². The monoisotopic (exact) mass is 399 g/mol. The number of halogens is 3. The minimum atomic E-state index is -0.688. The molecule has 0 aliphatic rings. The maximum Gasteiger partial charge on any atom is 0.310 e. The molecule has 0 saturated heterocycles. The van der Waals surface area contributed by atoms with Gasteiger partial charge in [0, 0.05) is 4.47 Å². The SMILES string of the molecule is O=C(COC(=O)Cc1ccccc1F)Nc1ccc(Br)cc1Cl. The molecule has 0 saturated carbocycles. The number of nitrogens with one attached hydrogen (secondary N) is 1. The van der Waals surface area contributed by atoms with E-state index < -0.39 is 24.3 Å². The van der Waals surface area contributed by atoms with Gasteiger partial charge in [-0.15, -0.1) is 0 Å². The molecule has 4 nitrogen and oxygen atoms in total. The highest BCUT2D eigenvalue weighted by Crippen LogP contribution is 2.25. The second-order valence-corrected chi connectivity index (χ2v) is 5.92. The highest BCUT2D eigenvalue weighted by atomic mass is 79.9. The molecule has 0 spiro atoms. The molecular formula is C16H12BrClFNO3. The van der Waals surface area contributed by atoms with Gasteiger partial charge in [-0.25, -0.2) is 4.39 Å². The van der Waals surface area contributed by atoms with Gasteiger partial charge in [-0.05, 0) is 29.8 Å². The summed E-state index contributed by atoms with van der Waals surface area (Å²) in [6.45, 7) is -0.473. The molecule has 1 amide bonds. The van der Waals surface area contributed by atoms with E-state index in [2.05, 4.69) is 21.2 Å². The average Bonchev–Trinajstić information content (AvgIpc) is 2.50. The Balaban J connectivity index is 1.84. The summed E-state index contributed by atoms with van der Waals surface area (Å²) in [5.74, 6) is -1.71. The number of rotatable bonds is 5. The van der Waals surface area contributed by atoms with Crippen LogP contribution < -0.4 is 5.32 Å². The summed E-state index contributed by atoms with van der Waals surface area (Å²) >= 11 is 9.22. The first-order valence-electron chi connectivity index (χ1n) is 6.59. The quantitative estimate of drug-likeness (QED) is 0.773. The second kappa shape index (κ2) is 8.08. The van der Waals surface area contributed by atoms with Crippen LogP contribution in [0.25, 0.3) is 0 Å². The van der Waals surface area contributed by atoms with Crippen molar-refractivity contribution >= 4 is 45.1 Å². The summed E-state index contributed by atoms with van der Waals surface area (Å²) < 4.78 is 19.0. The molecule has 120 valence electrons. The number of hydrogen-bond acceptors (Lipinski definition) is 3. The number of esters is 1. The number of ether oxygens (including phenoxy) is 1. The maximum atomic E-state index is 13.4. The summed E-state index contributed by atoms with van der Waals surface area (Å²) in [7, 11) is 0. The number of carbonyl (C=O) groups is 2. The van der Waals surface area contributed by atoms with E-state index in [1.54, 1.807) is 24.3 Å². The molecular weight excluding hydrogens is 389 g/mol.